The molecular weight excluding hydrogens is 741 g/mol. The Morgan fingerprint density at radius 3 is 1.26 bits per heavy atom. The number of benzene rings is 10. The second-order valence-electron chi connectivity index (χ2n) is 12.8. The van der Waals surface area contributed by atoms with E-state index in [1.54, 1.807) is 0 Å². The molecule has 0 N–H and O–H groups in total. The summed E-state index contributed by atoms with van der Waals surface area (Å²) in [6.07, 6.45) is 0. The van der Waals surface area contributed by atoms with Gasteiger partial charge in [-0.1, -0.05) is 181 Å². The van der Waals surface area contributed by atoms with Crippen LogP contribution in [0.5, 0.6) is 0 Å². The van der Waals surface area contributed by atoms with E-state index in [1.807, 2.05) is 0 Å². The average Bonchev–Trinajstić information content (AvgIpc) is 1.50. The topological polar surface area (TPSA) is 43.6 Å². The standard InChI is InChI=1S/C57H36N4/c1-3-13-37(14-4-1)42-30-34-54-52(35-42)50-21-11-12-22-53(50)61(54)44-31-27-39(28-32-44)38-23-25-41(26-24-38)56-58-55(40-15-5-2-6-16-40)59-57(60-56)43-29-33-49-47-19-8-7-17-45(47)46-18-9-10-20-48(46)51(49)36-43/h1-36H/i1D,2D,3D,4D,5D,6D,7D,8D,9D,10D,11D,12D,13D,14D,15D,16D,17D,18D,19D,20D,21D,22D,23D,24D,25D,26D,27D,28D,29D,30D,31D,32D,33D,34D,35D,36D. The summed E-state index contributed by atoms with van der Waals surface area (Å²) in [5.41, 5.74) is -8.48. The first-order chi connectivity index (χ1) is 45.2. The summed E-state index contributed by atoms with van der Waals surface area (Å²) in [6, 6.07) is -35.4. The van der Waals surface area contributed by atoms with Crippen molar-refractivity contribution in [3.05, 3.63) is 218 Å². The number of aromatic nitrogens is 4. The van der Waals surface area contributed by atoms with Gasteiger partial charge in [0.05, 0.1) is 60.4 Å². The molecule has 0 atom stereocenters. The summed E-state index contributed by atoms with van der Waals surface area (Å²) >= 11 is 0. The number of rotatable bonds is 6. The van der Waals surface area contributed by atoms with Crippen molar-refractivity contribution in [1.29, 1.82) is 0 Å². The SMILES string of the molecule is [2H]c1c([2H])c([2H])c(-c2nc(-c3c([2H])c([2H])c(-c4c([2H])c([2H])c(-n5c6c([2H])c([2H])c([2H])c([2H])c6c6c([2H])c(-c7c([2H])c([2H])c([2H])c([2H])c7[2H])c([2H])c([2H])c65)c([2H])c4[2H])c([2H])c3[2H])nc(-c3c([2H])c([2H])c4c5c([2H])c([2H])c([2H])c([2H])c5c5c([2H])c([2H])c([2H])c([2H])c5c4c3[2H])n2)c([2H])c1[2H]. The number of nitrogens with zero attached hydrogens (tertiary/aromatic N) is 4. The van der Waals surface area contributed by atoms with Gasteiger partial charge in [0.1, 0.15) is 0 Å². The summed E-state index contributed by atoms with van der Waals surface area (Å²) in [4.78, 5) is 12.9. The van der Waals surface area contributed by atoms with Crippen LogP contribution in [0.1, 0.15) is 49.3 Å². The van der Waals surface area contributed by atoms with Crippen molar-refractivity contribution in [3.63, 3.8) is 0 Å². The van der Waals surface area contributed by atoms with E-state index in [0.717, 1.165) is 0 Å². The Bertz CT molecular complexity index is 5630. The maximum atomic E-state index is 9.85. The Morgan fingerprint density at radius 1 is 0.262 bits per heavy atom. The maximum absolute atomic E-state index is 9.85. The number of fused-ring (bicyclic) bond motifs is 9. The van der Waals surface area contributed by atoms with E-state index >= 15 is 0 Å². The van der Waals surface area contributed by atoms with Gasteiger partial charge in [-0.15, -0.1) is 0 Å². The number of hydrogen-bond donors (Lipinski definition) is 0. The normalized spacial score (nSPS) is 19.9. The van der Waals surface area contributed by atoms with Crippen LogP contribution in [-0.4, -0.2) is 19.5 Å². The van der Waals surface area contributed by atoms with E-state index in [4.69, 9.17) is 30.2 Å². The van der Waals surface area contributed by atoms with E-state index in [2.05, 4.69) is 15.0 Å². The molecule has 2 heterocycles. The quantitative estimate of drug-likeness (QED) is 0.157. The van der Waals surface area contributed by atoms with Crippen molar-refractivity contribution >= 4 is 54.1 Å². The van der Waals surface area contributed by atoms with Crippen molar-refractivity contribution in [2.24, 2.45) is 0 Å². The molecule has 61 heavy (non-hydrogen) atoms. The molecule has 0 unspecified atom stereocenters. The van der Waals surface area contributed by atoms with Crippen molar-refractivity contribution in [1.82, 2.24) is 19.5 Å². The minimum atomic E-state index is -1.19. The van der Waals surface area contributed by atoms with Crippen LogP contribution in [0.3, 0.4) is 0 Å². The van der Waals surface area contributed by atoms with Crippen molar-refractivity contribution in [2.45, 2.75) is 0 Å². The first-order valence-electron chi connectivity index (χ1n) is 35.8. The average molecular weight is 813 g/mol. The first-order valence-corrected chi connectivity index (χ1v) is 17.8. The van der Waals surface area contributed by atoms with E-state index < -0.39 is 334 Å². The molecule has 0 aliphatic rings. The summed E-state index contributed by atoms with van der Waals surface area (Å²) in [5, 5.41) is -4.66. The second kappa shape index (κ2) is 14.3. The third kappa shape index (κ3) is 5.96. The third-order valence-electron chi connectivity index (χ3n) is 9.36. The van der Waals surface area contributed by atoms with Gasteiger partial charge in [-0.3, -0.25) is 0 Å². The summed E-state index contributed by atoms with van der Waals surface area (Å²) < 4.78 is 324. The zero-order valence-electron chi connectivity index (χ0n) is 66.3. The van der Waals surface area contributed by atoms with Gasteiger partial charge >= 0.3 is 0 Å². The predicted octanol–water partition coefficient (Wildman–Crippen LogP) is 14.8. The van der Waals surface area contributed by atoms with E-state index in [9.17, 15) is 19.2 Å². The molecule has 4 nitrogen and oxygen atoms in total. The Hall–Kier alpha value is -8.21. The minimum absolute atomic E-state index is 0.508. The number of hydrogen-bond acceptors (Lipinski definition) is 3. The van der Waals surface area contributed by atoms with Gasteiger partial charge in [0, 0.05) is 33.2 Å². The second-order valence-corrected chi connectivity index (χ2v) is 12.8. The Morgan fingerprint density at radius 2 is 0.639 bits per heavy atom. The maximum Gasteiger partial charge on any atom is 0.164 e. The predicted molar refractivity (Wildman–Crippen MR) is 254 cm³/mol. The molecule has 284 valence electrons. The van der Waals surface area contributed by atoms with E-state index in [-0.39, 0.29) is 0 Å². The highest BCUT2D eigenvalue weighted by Gasteiger charge is 2.17. The highest BCUT2D eigenvalue weighted by Crippen LogP contribution is 2.38. The van der Waals surface area contributed by atoms with E-state index in [0.29, 0.717) is 4.57 Å². The van der Waals surface area contributed by atoms with Crippen LogP contribution in [0.4, 0.5) is 0 Å². The fraction of sp³-hybridized carbons (Fsp3) is 0. The molecule has 2 aromatic heterocycles. The lowest BCUT2D eigenvalue weighted by Crippen LogP contribution is -2.00. The molecule has 0 bridgehead atoms. The number of para-hydroxylation sites is 1. The van der Waals surface area contributed by atoms with Crippen molar-refractivity contribution in [2.75, 3.05) is 0 Å². The van der Waals surface area contributed by atoms with Crippen LogP contribution in [0, 0.1) is 0 Å². The van der Waals surface area contributed by atoms with Crippen molar-refractivity contribution < 1.29 is 49.3 Å². The lowest BCUT2D eigenvalue weighted by Gasteiger charge is -2.13. The fourth-order valence-electron chi connectivity index (χ4n) is 6.67. The highest BCUT2D eigenvalue weighted by molar-refractivity contribution is 6.25. The molecule has 0 amide bonds. The molecule has 10 aromatic carbocycles. The van der Waals surface area contributed by atoms with Crippen molar-refractivity contribution in [3.8, 4) is 62.1 Å². The molecular formula is C57H36N4. The molecule has 0 radical (unpaired) electrons. The smallest absolute Gasteiger partial charge is 0.164 e. The molecule has 0 spiro atoms. The van der Waals surface area contributed by atoms with Crippen LogP contribution in [-0.2, 0) is 0 Å². The lowest BCUT2D eigenvalue weighted by molar-refractivity contribution is 1.07. The first kappa shape index (κ1) is 14.2. The lowest BCUT2D eigenvalue weighted by atomic mass is 9.93. The van der Waals surface area contributed by atoms with Crippen LogP contribution < -0.4 is 0 Å². The Kier molecular flexibility index (Phi) is 3.32. The molecule has 12 rings (SSSR count). The molecule has 0 saturated heterocycles. The molecule has 0 fully saturated rings. The van der Waals surface area contributed by atoms with Gasteiger partial charge in [0.25, 0.3) is 0 Å². The van der Waals surface area contributed by atoms with Crippen LogP contribution in [0.2, 0.25) is 0 Å². The van der Waals surface area contributed by atoms with Crippen LogP contribution in [0.15, 0.2) is 218 Å². The zero-order valence-corrected chi connectivity index (χ0v) is 30.3. The fourth-order valence-corrected chi connectivity index (χ4v) is 6.67. The van der Waals surface area contributed by atoms with Crippen LogP contribution in [0.25, 0.3) is 116 Å². The highest BCUT2D eigenvalue weighted by atomic mass is 15.0. The Balaban J connectivity index is 1.15. The van der Waals surface area contributed by atoms with Gasteiger partial charge in [-0.25, -0.2) is 15.0 Å². The molecule has 0 aliphatic carbocycles. The van der Waals surface area contributed by atoms with Gasteiger partial charge in [-0.2, -0.15) is 0 Å². The molecule has 0 aliphatic heterocycles. The monoisotopic (exact) mass is 813 g/mol. The summed E-state index contributed by atoms with van der Waals surface area (Å²) in [6.45, 7) is 0. The molecule has 4 heteroatoms. The van der Waals surface area contributed by atoms with E-state index in [1.165, 1.54) is 0 Å². The van der Waals surface area contributed by atoms with Gasteiger partial charge < -0.3 is 4.57 Å². The summed E-state index contributed by atoms with van der Waals surface area (Å²) in [5.74, 6) is -2.91. The van der Waals surface area contributed by atoms with Gasteiger partial charge in [0.15, 0.2) is 17.5 Å². The third-order valence-corrected chi connectivity index (χ3v) is 9.36. The zero-order chi connectivity index (χ0) is 71.6. The van der Waals surface area contributed by atoms with Gasteiger partial charge in [0.2, 0.25) is 0 Å². The van der Waals surface area contributed by atoms with Gasteiger partial charge in [-0.05, 0) is 90.8 Å². The molecule has 0 saturated carbocycles. The Labute approximate surface area is 403 Å². The molecule has 12 aromatic rings. The summed E-state index contributed by atoms with van der Waals surface area (Å²) in [7, 11) is 0. The van der Waals surface area contributed by atoms with Crippen LogP contribution >= 0.6 is 0 Å². The minimum Gasteiger partial charge on any atom is -0.309 e. The largest absolute Gasteiger partial charge is 0.309 e.